The van der Waals surface area contributed by atoms with Gasteiger partial charge in [-0.1, -0.05) is 6.07 Å². The Bertz CT molecular complexity index is 593. The van der Waals surface area contributed by atoms with Crippen molar-refractivity contribution < 1.29 is 9.18 Å². The Balaban J connectivity index is 1.86. The standard InChI is InChI=1S/C17H19FN2O/c1-20-14-4-5-15(20)9-12(8-14)17(21)16-10-13(18)3-2-11(16)6-7-19/h2-3,10,12,14-15H,4-6,8-9H2,1H3. The summed E-state index contributed by atoms with van der Waals surface area (Å²) in [6.07, 6.45) is 4.17. The van der Waals surface area contributed by atoms with E-state index in [9.17, 15) is 9.18 Å². The normalized spacial score (nSPS) is 28.3. The molecule has 0 aliphatic carbocycles. The highest BCUT2D eigenvalue weighted by Gasteiger charge is 2.41. The summed E-state index contributed by atoms with van der Waals surface area (Å²) in [6.45, 7) is 0. The Morgan fingerprint density at radius 2 is 2.05 bits per heavy atom. The van der Waals surface area contributed by atoms with Crippen LogP contribution in [0.1, 0.15) is 41.6 Å². The number of fused-ring (bicyclic) bond motifs is 2. The summed E-state index contributed by atoms with van der Waals surface area (Å²) in [5, 5.41) is 8.87. The minimum Gasteiger partial charge on any atom is -0.300 e. The van der Waals surface area contributed by atoms with Gasteiger partial charge in [0.2, 0.25) is 0 Å². The van der Waals surface area contributed by atoms with E-state index in [1.807, 2.05) is 0 Å². The minimum atomic E-state index is -0.407. The lowest BCUT2D eigenvalue weighted by molar-refractivity contribution is 0.0766. The maximum Gasteiger partial charge on any atom is 0.166 e. The first-order valence-corrected chi connectivity index (χ1v) is 7.51. The smallest absolute Gasteiger partial charge is 0.166 e. The Morgan fingerprint density at radius 1 is 1.38 bits per heavy atom. The lowest BCUT2D eigenvalue weighted by Gasteiger charge is -2.35. The highest BCUT2D eigenvalue weighted by Crippen LogP contribution is 2.39. The van der Waals surface area contributed by atoms with Crippen LogP contribution in [-0.4, -0.2) is 29.8 Å². The SMILES string of the molecule is CN1C2CCC1CC(C(=O)c1cc(F)ccc1CC#N)C2. The predicted octanol–water partition coefficient (Wildman–Crippen LogP) is 2.95. The summed E-state index contributed by atoms with van der Waals surface area (Å²) in [5.74, 6) is -0.418. The van der Waals surface area contributed by atoms with Gasteiger partial charge in [0.15, 0.2) is 5.78 Å². The molecule has 0 radical (unpaired) electrons. The molecule has 110 valence electrons. The molecular formula is C17H19FN2O. The largest absolute Gasteiger partial charge is 0.300 e. The molecule has 0 spiro atoms. The molecule has 2 fully saturated rings. The highest BCUT2D eigenvalue weighted by molar-refractivity contribution is 5.99. The van der Waals surface area contributed by atoms with Crippen LogP contribution in [0.5, 0.6) is 0 Å². The number of hydrogen-bond donors (Lipinski definition) is 0. The molecule has 0 amide bonds. The van der Waals surface area contributed by atoms with Crippen LogP contribution in [0.2, 0.25) is 0 Å². The molecule has 0 saturated carbocycles. The summed E-state index contributed by atoms with van der Waals surface area (Å²) in [4.78, 5) is 15.2. The van der Waals surface area contributed by atoms with Crippen molar-refractivity contribution in [3.8, 4) is 6.07 Å². The minimum absolute atomic E-state index is 0.0183. The van der Waals surface area contributed by atoms with Crippen molar-refractivity contribution in [3.63, 3.8) is 0 Å². The van der Waals surface area contributed by atoms with E-state index in [4.69, 9.17) is 5.26 Å². The van der Waals surface area contributed by atoms with E-state index < -0.39 is 5.82 Å². The van der Waals surface area contributed by atoms with Gasteiger partial charge in [0.05, 0.1) is 12.5 Å². The molecule has 0 aromatic heterocycles. The molecule has 2 heterocycles. The predicted molar refractivity (Wildman–Crippen MR) is 77.3 cm³/mol. The first-order chi connectivity index (χ1) is 10.1. The number of carbonyl (C=O) groups excluding carboxylic acids is 1. The van der Waals surface area contributed by atoms with Gasteiger partial charge < -0.3 is 4.90 Å². The number of halogens is 1. The molecule has 3 nitrogen and oxygen atoms in total. The molecule has 2 unspecified atom stereocenters. The molecular weight excluding hydrogens is 267 g/mol. The van der Waals surface area contributed by atoms with Crippen molar-refractivity contribution in [2.75, 3.05) is 7.05 Å². The molecule has 2 atom stereocenters. The number of piperidine rings is 1. The average Bonchev–Trinajstić information content (AvgIpc) is 2.70. The zero-order valence-electron chi connectivity index (χ0n) is 12.2. The maximum absolute atomic E-state index is 13.5. The van der Waals surface area contributed by atoms with Crippen molar-refractivity contribution in [2.24, 2.45) is 5.92 Å². The van der Waals surface area contributed by atoms with Gasteiger partial charge >= 0.3 is 0 Å². The van der Waals surface area contributed by atoms with E-state index in [-0.39, 0.29) is 18.1 Å². The van der Waals surface area contributed by atoms with Gasteiger partial charge in [-0.15, -0.1) is 0 Å². The zero-order valence-corrected chi connectivity index (χ0v) is 12.2. The molecule has 0 N–H and O–H groups in total. The lowest BCUT2D eigenvalue weighted by atomic mass is 9.83. The summed E-state index contributed by atoms with van der Waals surface area (Å²) in [6, 6.07) is 7.20. The van der Waals surface area contributed by atoms with Gasteiger partial charge in [0, 0.05) is 23.6 Å². The first-order valence-electron chi connectivity index (χ1n) is 7.51. The summed E-state index contributed by atoms with van der Waals surface area (Å²) in [7, 11) is 2.13. The highest BCUT2D eigenvalue weighted by atomic mass is 19.1. The molecule has 2 bridgehead atoms. The third-order valence-electron chi connectivity index (χ3n) is 5.08. The van der Waals surface area contributed by atoms with Gasteiger partial charge in [-0.05, 0) is 50.4 Å². The van der Waals surface area contributed by atoms with Crippen LogP contribution in [0.25, 0.3) is 0 Å². The van der Waals surface area contributed by atoms with Gasteiger partial charge in [-0.3, -0.25) is 4.79 Å². The second kappa shape index (κ2) is 5.57. The van der Waals surface area contributed by atoms with Crippen molar-refractivity contribution in [1.29, 1.82) is 5.26 Å². The van der Waals surface area contributed by atoms with Crippen LogP contribution in [0.15, 0.2) is 18.2 Å². The Labute approximate surface area is 124 Å². The number of Topliss-reactive ketones (excluding diaryl/α,β-unsaturated/α-hetero) is 1. The second-order valence-electron chi connectivity index (χ2n) is 6.22. The number of carbonyl (C=O) groups is 1. The number of rotatable bonds is 3. The number of ketones is 1. The van der Waals surface area contributed by atoms with Crippen LogP contribution >= 0.6 is 0 Å². The molecule has 3 rings (SSSR count). The fourth-order valence-corrected chi connectivity index (χ4v) is 3.86. The van der Waals surface area contributed by atoms with Gasteiger partial charge in [0.1, 0.15) is 5.82 Å². The third-order valence-corrected chi connectivity index (χ3v) is 5.08. The van der Waals surface area contributed by atoms with Crippen LogP contribution in [-0.2, 0) is 6.42 Å². The number of nitrogens with zero attached hydrogens (tertiary/aromatic N) is 2. The Morgan fingerprint density at radius 3 is 2.67 bits per heavy atom. The molecule has 1 aromatic carbocycles. The van der Waals surface area contributed by atoms with E-state index in [2.05, 4.69) is 18.0 Å². The quantitative estimate of drug-likeness (QED) is 0.802. The van der Waals surface area contributed by atoms with Crippen molar-refractivity contribution in [1.82, 2.24) is 4.90 Å². The van der Waals surface area contributed by atoms with Crippen molar-refractivity contribution in [2.45, 2.75) is 44.2 Å². The van der Waals surface area contributed by atoms with E-state index in [1.165, 1.54) is 12.1 Å². The van der Waals surface area contributed by atoms with Crippen LogP contribution in [0.3, 0.4) is 0 Å². The number of nitriles is 1. The maximum atomic E-state index is 13.5. The molecule has 21 heavy (non-hydrogen) atoms. The summed E-state index contributed by atoms with van der Waals surface area (Å²) < 4.78 is 13.5. The van der Waals surface area contributed by atoms with Crippen molar-refractivity contribution in [3.05, 3.63) is 35.1 Å². The number of benzene rings is 1. The molecule has 2 aliphatic rings. The van der Waals surface area contributed by atoms with Gasteiger partial charge in [-0.25, -0.2) is 4.39 Å². The van der Waals surface area contributed by atoms with E-state index in [0.29, 0.717) is 23.2 Å². The van der Waals surface area contributed by atoms with Crippen LogP contribution < -0.4 is 0 Å². The Hall–Kier alpha value is -1.73. The fourth-order valence-electron chi connectivity index (χ4n) is 3.86. The van der Waals surface area contributed by atoms with Crippen molar-refractivity contribution >= 4 is 5.78 Å². The molecule has 1 aromatic rings. The number of hydrogen-bond acceptors (Lipinski definition) is 3. The fraction of sp³-hybridized carbons (Fsp3) is 0.529. The van der Waals surface area contributed by atoms with Crippen LogP contribution in [0, 0.1) is 23.1 Å². The third kappa shape index (κ3) is 2.58. The van der Waals surface area contributed by atoms with E-state index >= 15 is 0 Å². The summed E-state index contributed by atoms with van der Waals surface area (Å²) >= 11 is 0. The summed E-state index contributed by atoms with van der Waals surface area (Å²) in [5.41, 5.74) is 1.06. The first kappa shape index (κ1) is 14.2. The molecule has 4 heteroatoms. The molecule has 2 aliphatic heterocycles. The molecule has 2 saturated heterocycles. The van der Waals surface area contributed by atoms with Crippen LogP contribution in [0.4, 0.5) is 4.39 Å². The zero-order chi connectivity index (χ0) is 15.0. The monoisotopic (exact) mass is 286 g/mol. The average molecular weight is 286 g/mol. The van der Waals surface area contributed by atoms with Gasteiger partial charge in [-0.2, -0.15) is 5.26 Å². The van der Waals surface area contributed by atoms with E-state index in [1.54, 1.807) is 6.07 Å². The van der Waals surface area contributed by atoms with Gasteiger partial charge in [0.25, 0.3) is 0 Å². The second-order valence-corrected chi connectivity index (χ2v) is 6.22. The lowest BCUT2D eigenvalue weighted by Crippen LogP contribution is -2.42. The topological polar surface area (TPSA) is 44.1 Å². The van der Waals surface area contributed by atoms with E-state index in [0.717, 1.165) is 25.7 Å². The Kier molecular flexibility index (Phi) is 3.77.